The minimum absolute atomic E-state index is 1.14. The molecule has 58 valence electrons. The summed E-state index contributed by atoms with van der Waals surface area (Å²) >= 11 is 0. The zero-order chi connectivity index (χ0) is 8.10. The van der Waals surface area contributed by atoms with E-state index in [1.807, 2.05) is 13.0 Å². The van der Waals surface area contributed by atoms with E-state index >= 15 is 0 Å². The largest absolute Gasteiger partial charge is 0.0988 e. The van der Waals surface area contributed by atoms with E-state index in [1.54, 1.807) is 0 Å². The maximum absolute atomic E-state index is 3.79. The molecule has 0 radical (unpaired) electrons. The van der Waals surface area contributed by atoms with E-state index in [0.29, 0.717) is 0 Å². The van der Waals surface area contributed by atoms with Gasteiger partial charge in [-0.2, -0.15) is 0 Å². The second-order valence-corrected chi connectivity index (χ2v) is 2.63. The first-order valence-corrected chi connectivity index (χ1v) is 4.03. The van der Waals surface area contributed by atoms with Gasteiger partial charge in [0.2, 0.25) is 0 Å². The third-order valence-electron chi connectivity index (χ3n) is 1.84. The summed E-state index contributed by atoms with van der Waals surface area (Å²) in [5.74, 6) is 0. The number of hydrogen-bond donors (Lipinski definition) is 0. The maximum atomic E-state index is 3.79. The van der Waals surface area contributed by atoms with Gasteiger partial charge in [0.05, 0.1) is 0 Å². The van der Waals surface area contributed by atoms with Gasteiger partial charge in [-0.25, -0.2) is 0 Å². The highest BCUT2D eigenvalue weighted by atomic mass is 14.1. The molecule has 0 unspecified atom stereocenters. The van der Waals surface area contributed by atoms with Crippen LogP contribution in [0.4, 0.5) is 0 Å². The van der Waals surface area contributed by atoms with Crippen LogP contribution in [0.5, 0.6) is 0 Å². The lowest BCUT2D eigenvalue weighted by atomic mass is 9.97. The fraction of sp³-hybridized carbons (Fsp3) is 0.273. The van der Waals surface area contributed by atoms with Crippen LogP contribution in [0, 0.1) is 0 Å². The Balaban J connectivity index is 2.91. The lowest BCUT2D eigenvalue weighted by Crippen LogP contribution is -1.89. The van der Waals surface area contributed by atoms with Crippen molar-refractivity contribution in [2.45, 2.75) is 19.8 Å². The third kappa shape index (κ3) is 1.94. The summed E-state index contributed by atoms with van der Waals surface area (Å²) in [5, 5.41) is 0. The minimum atomic E-state index is 1.14. The Labute approximate surface area is 68.6 Å². The van der Waals surface area contributed by atoms with Crippen molar-refractivity contribution >= 4 is 0 Å². The van der Waals surface area contributed by atoms with E-state index < -0.39 is 0 Å². The quantitative estimate of drug-likeness (QED) is 0.560. The molecule has 0 nitrogen and oxygen atoms in total. The van der Waals surface area contributed by atoms with Crippen molar-refractivity contribution in [3.05, 3.63) is 48.1 Å². The Morgan fingerprint density at radius 1 is 1.55 bits per heavy atom. The van der Waals surface area contributed by atoms with Crippen molar-refractivity contribution in [3.63, 3.8) is 0 Å². The molecule has 0 saturated carbocycles. The van der Waals surface area contributed by atoms with Crippen LogP contribution >= 0.6 is 0 Å². The van der Waals surface area contributed by atoms with Crippen molar-refractivity contribution in [1.29, 1.82) is 0 Å². The summed E-state index contributed by atoms with van der Waals surface area (Å²) in [4.78, 5) is 0. The average Bonchev–Trinajstić information content (AvgIpc) is 2.06. The molecule has 1 rings (SSSR count). The van der Waals surface area contributed by atoms with Crippen LogP contribution in [-0.2, 0) is 0 Å². The summed E-state index contributed by atoms with van der Waals surface area (Å²) < 4.78 is 0. The van der Waals surface area contributed by atoms with Crippen LogP contribution in [0.1, 0.15) is 19.8 Å². The standard InChI is InChI=1S/C11H14/c1-3-7-11-9-6-5-8-10(11)4-2/h3-4,6-7,9H,2,5,8H2,1H3/b7-3-. The van der Waals surface area contributed by atoms with Gasteiger partial charge in [0.25, 0.3) is 0 Å². The van der Waals surface area contributed by atoms with Crippen LogP contribution in [-0.4, -0.2) is 0 Å². The van der Waals surface area contributed by atoms with Gasteiger partial charge in [-0.05, 0) is 30.9 Å². The van der Waals surface area contributed by atoms with E-state index in [-0.39, 0.29) is 0 Å². The molecule has 1 aliphatic rings. The predicted octanol–water partition coefficient (Wildman–Crippen LogP) is 3.40. The SMILES string of the molecule is C=CC1=C(/C=C\C)C=CCC1. The molecule has 0 aromatic heterocycles. The molecule has 0 fully saturated rings. The maximum Gasteiger partial charge on any atom is -0.0231 e. The molecular formula is C11H14. The summed E-state index contributed by atoms with van der Waals surface area (Å²) in [6.45, 7) is 5.83. The van der Waals surface area contributed by atoms with Crippen molar-refractivity contribution in [3.8, 4) is 0 Å². The summed E-state index contributed by atoms with van der Waals surface area (Å²) in [7, 11) is 0. The molecule has 0 bridgehead atoms. The number of hydrogen-bond acceptors (Lipinski definition) is 0. The highest BCUT2D eigenvalue weighted by Crippen LogP contribution is 2.20. The first kappa shape index (κ1) is 8.06. The topological polar surface area (TPSA) is 0 Å². The van der Waals surface area contributed by atoms with Crippen LogP contribution in [0.2, 0.25) is 0 Å². The molecule has 0 aliphatic heterocycles. The van der Waals surface area contributed by atoms with E-state index in [9.17, 15) is 0 Å². The van der Waals surface area contributed by atoms with E-state index in [0.717, 1.165) is 12.8 Å². The lowest BCUT2D eigenvalue weighted by Gasteiger charge is -2.08. The van der Waals surface area contributed by atoms with Crippen molar-refractivity contribution in [2.24, 2.45) is 0 Å². The molecule has 0 heterocycles. The Kier molecular flexibility index (Phi) is 2.91. The van der Waals surface area contributed by atoms with Gasteiger partial charge in [0.1, 0.15) is 0 Å². The summed E-state index contributed by atoms with van der Waals surface area (Å²) in [5.41, 5.74) is 2.68. The van der Waals surface area contributed by atoms with Gasteiger partial charge in [-0.15, -0.1) is 0 Å². The Morgan fingerprint density at radius 3 is 3.00 bits per heavy atom. The number of rotatable bonds is 2. The zero-order valence-corrected chi connectivity index (χ0v) is 7.01. The Hall–Kier alpha value is -1.04. The Morgan fingerprint density at radius 2 is 2.36 bits per heavy atom. The van der Waals surface area contributed by atoms with Crippen LogP contribution in [0.15, 0.2) is 48.1 Å². The molecule has 0 heteroatoms. The molecule has 0 spiro atoms. The third-order valence-corrected chi connectivity index (χ3v) is 1.84. The molecule has 0 N–H and O–H groups in total. The highest BCUT2D eigenvalue weighted by molar-refractivity contribution is 5.42. The van der Waals surface area contributed by atoms with Gasteiger partial charge in [-0.1, -0.05) is 37.0 Å². The van der Waals surface area contributed by atoms with Crippen molar-refractivity contribution in [2.75, 3.05) is 0 Å². The van der Waals surface area contributed by atoms with E-state index in [2.05, 4.69) is 30.9 Å². The second kappa shape index (κ2) is 3.97. The summed E-state index contributed by atoms with van der Waals surface area (Å²) in [6.07, 6.45) is 12.8. The Bertz CT molecular complexity index is 222. The van der Waals surface area contributed by atoms with Crippen LogP contribution in [0.25, 0.3) is 0 Å². The van der Waals surface area contributed by atoms with Gasteiger partial charge in [-0.3, -0.25) is 0 Å². The average molecular weight is 146 g/mol. The molecule has 1 aliphatic carbocycles. The summed E-state index contributed by atoms with van der Waals surface area (Å²) in [6, 6.07) is 0. The molecule has 0 saturated heterocycles. The number of allylic oxidation sites excluding steroid dienone is 7. The van der Waals surface area contributed by atoms with Crippen molar-refractivity contribution < 1.29 is 0 Å². The van der Waals surface area contributed by atoms with Gasteiger partial charge in [0.15, 0.2) is 0 Å². The predicted molar refractivity (Wildman–Crippen MR) is 50.4 cm³/mol. The molecule has 0 amide bonds. The smallest absolute Gasteiger partial charge is 0.0231 e. The second-order valence-electron chi connectivity index (χ2n) is 2.63. The van der Waals surface area contributed by atoms with E-state index in [1.165, 1.54) is 11.1 Å². The molecular weight excluding hydrogens is 132 g/mol. The van der Waals surface area contributed by atoms with Crippen LogP contribution in [0.3, 0.4) is 0 Å². The van der Waals surface area contributed by atoms with E-state index in [4.69, 9.17) is 0 Å². The lowest BCUT2D eigenvalue weighted by molar-refractivity contribution is 0.979. The molecule has 11 heavy (non-hydrogen) atoms. The molecule has 0 atom stereocenters. The van der Waals surface area contributed by atoms with Gasteiger partial charge >= 0.3 is 0 Å². The fourth-order valence-electron chi connectivity index (χ4n) is 1.26. The normalized spacial score (nSPS) is 17.9. The monoisotopic (exact) mass is 146 g/mol. The minimum Gasteiger partial charge on any atom is -0.0988 e. The van der Waals surface area contributed by atoms with Crippen LogP contribution < -0.4 is 0 Å². The first-order valence-electron chi connectivity index (χ1n) is 4.03. The fourth-order valence-corrected chi connectivity index (χ4v) is 1.26. The van der Waals surface area contributed by atoms with Crippen molar-refractivity contribution in [1.82, 2.24) is 0 Å². The molecule has 0 aromatic rings. The first-order chi connectivity index (χ1) is 5.38. The zero-order valence-electron chi connectivity index (χ0n) is 7.01. The van der Waals surface area contributed by atoms with Gasteiger partial charge in [0, 0.05) is 0 Å². The highest BCUT2D eigenvalue weighted by Gasteiger charge is 2.00. The van der Waals surface area contributed by atoms with Gasteiger partial charge < -0.3 is 0 Å². The molecule has 0 aromatic carbocycles.